The Labute approximate surface area is 198 Å². The quantitative estimate of drug-likeness (QED) is 0.477. The monoisotopic (exact) mass is 457 g/mol. The van der Waals surface area contributed by atoms with E-state index in [0.717, 1.165) is 25.8 Å². The molecule has 0 saturated heterocycles. The van der Waals surface area contributed by atoms with Crippen LogP contribution in [0.1, 0.15) is 29.6 Å². The van der Waals surface area contributed by atoms with Crippen molar-refractivity contribution < 1.29 is 9.59 Å². The van der Waals surface area contributed by atoms with Crippen molar-refractivity contribution in [3.05, 3.63) is 78.4 Å². The second-order valence-electron chi connectivity index (χ2n) is 8.49. The molecular formula is C27H27N3O2S. The number of hydrogen-bond donors (Lipinski definition) is 1. The van der Waals surface area contributed by atoms with Gasteiger partial charge in [0.2, 0.25) is 5.91 Å². The van der Waals surface area contributed by atoms with Gasteiger partial charge in [-0.25, -0.2) is 0 Å². The lowest BCUT2D eigenvalue weighted by molar-refractivity contribution is -0.119. The molecule has 1 saturated carbocycles. The van der Waals surface area contributed by atoms with Gasteiger partial charge in [0.25, 0.3) is 5.91 Å². The molecule has 0 spiro atoms. The van der Waals surface area contributed by atoms with Crippen LogP contribution in [0.5, 0.6) is 0 Å². The molecule has 1 fully saturated rings. The van der Waals surface area contributed by atoms with Crippen molar-refractivity contribution in [3.8, 4) is 0 Å². The van der Waals surface area contributed by atoms with E-state index in [-0.39, 0.29) is 17.7 Å². The Bertz CT molecular complexity index is 1150. The molecule has 1 N–H and O–H groups in total. The topological polar surface area (TPSA) is 52.7 Å². The molecule has 1 aliphatic carbocycles. The number of rotatable bonds is 7. The van der Waals surface area contributed by atoms with Crippen LogP contribution in [0.2, 0.25) is 0 Å². The number of carbonyl (C=O) groups excluding carboxylic acids is 2. The molecule has 0 bridgehead atoms. The normalized spacial score (nSPS) is 14.3. The summed E-state index contributed by atoms with van der Waals surface area (Å²) in [5.74, 6) is 0.0613. The Morgan fingerprint density at radius 3 is 2.21 bits per heavy atom. The number of amides is 2. The first kappa shape index (κ1) is 21.6. The molecule has 3 aromatic carbocycles. The molecule has 1 aliphatic heterocycles. The van der Waals surface area contributed by atoms with Gasteiger partial charge in [-0.1, -0.05) is 48.2 Å². The van der Waals surface area contributed by atoms with Gasteiger partial charge in [0, 0.05) is 35.8 Å². The standard InChI is InChI=1S/C27H27N3O2S/c1-29(27(32)19-15-16-19)21-10-3-2-9-20(21)26(31)28-17-8-18-30-22-11-4-6-13-24(22)33-25-14-7-5-12-23(25)30/h2-7,9-14,19H,8,15-18H2,1H3,(H,28,31). The number of hydrogen-bond acceptors (Lipinski definition) is 4. The van der Waals surface area contributed by atoms with Crippen LogP contribution in [-0.2, 0) is 4.79 Å². The van der Waals surface area contributed by atoms with Crippen molar-refractivity contribution in [2.45, 2.75) is 29.1 Å². The van der Waals surface area contributed by atoms with Crippen LogP contribution < -0.4 is 15.1 Å². The molecule has 0 radical (unpaired) electrons. The fraction of sp³-hybridized carbons (Fsp3) is 0.259. The maximum Gasteiger partial charge on any atom is 0.253 e. The van der Waals surface area contributed by atoms with E-state index in [0.29, 0.717) is 17.8 Å². The highest BCUT2D eigenvalue weighted by Gasteiger charge is 2.33. The number of fused-ring (bicyclic) bond motifs is 2. The molecule has 5 nitrogen and oxygen atoms in total. The van der Waals surface area contributed by atoms with E-state index in [1.807, 2.05) is 18.2 Å². The minimum Gasteiger partial charge on any atom is -0.352 e. The Kier molecular flexibility index (Phi) is 6.09. The fourth-order valence-corrected chi connectivity index (χ4v) is 5.33. The van der Waals surface area contributed by atoms with Crippen LogP contribution in [0.4, 0.5) is 17.1 Å². The van der Waals surface area contributed by atoms with Crippen LogP contribution in [0.25, 0.3) is 0 Å². The van der Waals surface area contributed by atoms with Crippen LogP contribution >= 0.6 is 11.8 Å². The molecule has 2 amide bonds. The van der Waals surface area contributed by atoms with E-state index in [4.69, 9.17) is 0 Å². The minimum absolute atomic E-state index is 0.0931. The van der Waals surface area contributed by atoms with E-state index >= 15 is 0 Å². The van der Waals surface area contributed by atoms with E-state index in [1.54, 1.807) is 29.8 Å². The summed E-state index contributed by atoms with van der Waals surface area (Å²) in [6, 6.07) is 24.2. The summed E-state index contributed by atoms with van der Waals surface area (Å²) in [4.78, 5) is 31.9. The highest BCUT2D eigenvalue weighted by atomic mass is 32.2. The third kappa shape index (κ3) is 4.48. The zero-order valence-electron chi connectivity index (χ0n) is 18.7. The van der Waals surface area contributed by atoms with Crippen LogP contribution in [-0.4, -0.2) is 32.0 Å². The first-order chi connectivity index (χ1) is 16.1. The molecule has 168 valence electrons. The van der Waals surface area contributed by atoms with Crippen molar-refractivity contribution in [1.82, 2.24) is 5.32 Å². The van der Waals surface area contributed by atoms with Gasteiger partial charge < -0.3 is 15.1 Å². The van der Waals surface area contributed by atoms with Gasteiger partial charge in [0.05, 0.1) is 22.6 Å². The largest absolute Gasteiger partial charge is 0.352 e. The first-order valence-electron chi connectivity index (χ1n) is 11.4. The number of nitrogens with one attached hydrogen (secondary N) is 1. The second-order valence-corrected chi connectivity index (χ2v) is 9.57. The second kappa shape index (κ2) is 9.32. The van der Waals surface area contributed by atoms with Crippen molar-refractivity contribution >= 4 is 40.6 Å². The van der Waals surface area contributed by atoms with Crippen LogP contribution in [0.15, 0.2) is 82.6 Å². The van der Waals surface area contributed by atoms with E-state index < -0.39 is 0 Å². The predicted octanol–water partition coefficient (Wildman–Crippen LogP) is 5.48. The van der Waals surface area contributed by atoms with Gasteiger partial charge >= 0.3 is 0 Å². The number of para-hydroxylation sites is 3. The van der Waals surface area contributed by atoms with E-state index in [9.17, 15) is 9.59 Å². The molecule has 2 aliphatic rings. The number of benzene rings is 3. The number of nitrogens with zero attached hydrogens (tertiary/aromatic N) is 2. The Morgan fingerprint density at radius 2 is 1.55 bits per heavy atom. The Hall–Kier alpha value is -3.25. The number of anilines is 3. The third-order valence-electron chi connectivity index (χ3n) is 6.14. The SMILES string of the molecule is CN(C(=O)C1CC1)c1ccccc1C(=O)NCCCN1c2ccccc2Sc2ccccc21. The molecule has 1 heterocycles. The van der Waals surface area contributed by atoms with Gasteiger partial charge in [-0.15, -0.1) is 0 Å². The summed E-state index contributed by atoms with van der Waals surface area (Å²) in [7, 11) is 1.76. The zero-order valence-corrected chi connectivity index (χ0v) is 19.5. The average molecular weight is 458 g/mol. The molecule has 33 heavy (non-hydrogen) atoms. The van der Waals surface area contributed by atoms with E-state index in [1.165, 1.54) is 21.2 Å². The predicted molar refractivity (Wildman–Crippen MR) is 134 cm³/mol. The van der Waals surface area contributed by atoms with Crippen LogP contribution in [0, 0.1) is 5.92 Å². The summed E-state index contributed by atoms with van der Waals surface area (Å²) in [5, 5.41) is 3.06. The third-order valence-corrected chi connectivity index (χ3v) is 7.27. The zero-order chi connectivity index (χ0) is 22.8. The summed E-state index contributed by atoms with van der Waals surface area (Å²) in [5.41, 5.74) is 3.62. The lowest BCUT2D eigenvalue weighted by Gasteiger charge is -2.32. The van der Waals surface area contributed by atoms with Crippen molar-refractivity contribution in [3.63, 3.8) is 0 Å². The fourth-order valence-electron chi connectivity index (χ4n) is 4.24. The summed E-state index contributed by atoms with van der Waals surface area (Å²) >= 11 is 1.80. The smallest absolute Gasteiger partial charge is 0.253 e. The maximum atomic E-state index is 13.0. The van der Waals surface area contributed by atoms with Crippen molar-refractivity contribution in [2.75, 3.05) is 29.9 Å². The first-order valence-corrected chi connectivity index (χ1v) is 12.2. The molecule has 3 aromatic rings. The number of carbonyl (C=O) groups is 2. The highest BCUT2D eigenvalue weighted by Crippen LogP contribution is 2.47. The molecule has 0 unspecified atom stereocenters. The molecular weight excluding hydrogens is 430 g/mol. The van der Waals surface area contributed by atoms with Crippen molar-refractivity contribution in [2.24, 2.45) is 5.92 Å². The maximum absolute atomic E-state index is 13.0. The van der Waals surface area contributed by atoms with Gasteiger partial charge in [-0.05, 0) is 55.7 Å². The Balaban J connectivity index is 1.24. The average Bonchev–Trinajstić information content (AvgIpc) is 3.70. The molecule has 5 rings (SSSR count). The summed E-state index contributed by atoms with van der Waals surface area (Å²) < 4.78 is 0. The molecule has 0 aromatic heterocycles. The minimum atomic E-state index is -0.143. The lowest BCUT2D eigenvalue weighted by atomic mass is 10.1. The summed E-state index contributed by atoms with van der Waals surface area (Å²) in [6.45, 7) is 1.36. The Morgan fingerprint density at radius 1 is 0.939 bits per heavy atom. The van der Waals surface area contributed by atoms with Gasteiger partial charge in [-0.3, -0.25) is 9.59 Å². The van der Waals surface area contributed by atoms with E-state index in [2.05, 4.69) is 58.7 Å². The van der Waals surface area contributed by atoms with Gasteiger partial charge in [-0.2, -0.15) is 0 Å². The van der Waals surface area contributed by atoms with Crippen LogP contribution in [0.3, 0.4) is 0 Å². The van der Waals surface area contributed by atoms with Gasteiger partial charge in [0.1, 0.15) is 0 Å². The van der Waals surface area contributed by atoms with Gasteiger partial charge in [0.15, 0.2) is 0 Å². The summed E-state index contributed by atoms with van der Waals surface area (Å²) in [6.07, 6.45) is 2.69. The van der Waals surface area contributed by atoms with Crippen molar-refractivity contribution in [1.29, 1.82) is 0 Å². The molecule has 6 heteroatoms. The lowest BCUT2D eigenvalue weighted by Crippen LogP contribution is -2.32. The molecule has 0 atom stereocenters. The highest BCUT2D eigenvalue weighted by molar-refractivity contribution is 7.99.